The molecule has 1 unspecified atom stereocenters. The van der Waals surface area contributed by atoms with Crippen molar-refractivity contribution in [3.63, 3.8) is 0 Å². The first kappa shape index (κ1) is 13.8. The van der Waals surface area contributed by atoms with Crippen LogP contribution in [0.2, 0.25) is 0 Å². The highest BCUT2D eigenvalue weighted by Crippen LogP contribution is 2.06. The molecule has 0 aliphatic carbocycles. The van der Waals surface area contributed by atoms with Gasteiger partial charge in [-0.1, -0.05) is 19.8 Å². The van der Waals surface area contributed by atoms with E-state index in [1.54, 1.807) is 26.0 Å². The molecule has 4 nitrogen and oxygen atoms in total. The molecular formula is C14H14NO3. The highest BCUT2D eigenvalue weighted by Gasteiger charge is 2.23. The van der Waals surface area contributed by atoms with Crippen LogP contribution in [0.4, 0.5) is 0 Å². The molecule has 0 aromatic heterocycles. The highest BCUT2D eigenvalue weighted by molar-refractivity contribution is 5.96. The molecule has 1 radical (unpaired) electrons. The van der Waals surface area contributed by atoms with Gasteiger partial charge in [0, 0.05) is 11.1 Å². The number of amides is 1. The fourth-order valence-corrected chi connectivity index (χ4v) is 1.44. The van der Waals surface area contributed by atoms with Crippen molar-refractivity contribution in [3.8, 4) is 5.92 Å². The van der Waals surface area contributed by atoms with Crippen LogP contribution >= 0.6 is 0 Å². The Balaban J connectivity index is 2.81. The molecule has 1 aromatic rings. The number of rotatable bonds is 4. The standard InChI is InChI=1S/C14H14NO3/c1-4-10-5-7-11(8-6-10)13(16)15-12(9(2)3)14(17)18/h5-9,12H,2-3H3,(H,15,16)(H,17,18). The van der Waals surface area contributed by atoms with Crippen molar-refractivity contribution in [1.82, 2.24) is 5.32 Å². The van der Waals surface area contributed by atoms with Gasteiger partial charge in [0.1, 0.15) is 6.04 Å². The van der Waals surface area contributed by atoms with Crippen molar-refractivity contribution in [2.75, 3.05) is 0 Å². The summed E-state index contributed by atoms with van der Waals surface area (Å²) in [4.78, 5) is 22.8. The Hall–Kier alpha value is -2.28. The maximum absolute atomic E-state index is 11.8. The van der Waals surface area contributed by atoms with Crippen LogP contribution in [0, 0.1) is 18.3 Å². The average Bonchev–Trinajstić information content (AvgIpc) is 2.35. The summed E-state index contributed by atoms with van der Waals surface area (Å²) < 4.78 is 0. The molecule has 18 heavy (non-hydrogen) atoms. The Morgan fingerprint density at radius 3 is 2.22 bits per heavy atom. The number of benzene rings is 1. The molecule has 2 N–H and O–H groups in total. The van der Waals surface area contributed by atoms with E-state index in [9.17, 15) is 9.59 Å². The molecule has 0 aliphatic heterocycles. The Morgan fingerprint density at radius 1 is 1.28 bits per heavy atom. The van der Waals surface area contributed by atoms with Gasteiger partial charge in [-0.15, -0.1) is 0 Å². The van der Waals surface area contributed by atoms with Crippen LogP contribution in [0.1, 0.15) is 29.8 Å². The van der Waals surface area contributed by atoms with E-state index in [4.69, 9.17) is 11.5 Å². The number of nitrogens with one attached hydrogen (secondary N) is 1. The van der Waals surface area contributed by atoms with Crippen molar-refractivity contribution in [2.24, 2.45) is 5.92 Å². The number of carboxylic acids is 1. The summed E-state index contributed by atoms with van der Waals surface area (Å²) in [6, 6.07) is 5.31. The van der Waals surface area contributed by atoms with E-state index in [-0.39, 0.29) is 5.92 Å². The Kier molecular flexibility index (Phi) is 4.50. The molecule has 0 saturated heterocycles. The minimum absolute atomic E-state index is 0.194. The number of carbonyl (C=O) groups excluding carboxylic acids is 1. The van der Waals surface area contributed by atoms with Crippen molar-refractivity contribution in [2.45, 2.75) is 19.9 Å². The summed E-state index contributed by atoms with van der Waals surface area (Å²) in [5, 5.41) is 11.4. The largest absolute Gasteiger partial charge is 0.480 e. The second-order valence-electron chi connectivity index (χ2n) is 4.24. The Labute approximate surface area is 106 Å². The van der Waals surface area contributed by atoms with Crippen LogP contribution in [0.25, 0.3) is 0 Å². The zero-order chi connectivity index (χ0) is 13.7. The van der Waals surface area contributed by atoms with Gasteiger partial charge < -0.3 is 10.4 Å². The number of aliphatic carboxylic acids is 1. The lowest BCUT2D eigenvalue weighted by molar-refractivity contribution is -0.140. The van der Waals surface area contributed by atoms with E-state index in [0.29, 0.717) is 11.1 Å². The first-order valence-corrected chi connectivity index (χ1v) is 5.52. The lowest BCUT2D eigenvalue weighted by Crippen LogP contribution is -2.44. The topological polar surface area (TPSA) is 66.4 Å². The van der Waals surface area contributed by atoms with Gasteiger partial charge in [0.2, 0.25) is 0 Å². The van der Waals surface area contributed by atoms with Gasteiger partial charge in [-0.3, -0.25) is 4.79 Å². The molecule has 0 fully saturated rings. The summed E-state index contributed by atoms with van der Waals surface area (Å²) in [7, 11) is 0. The maximum atomic E-state index is 11.8. The summed E-state index contributed by atoms with van der Waals surface area (Å²) in [6.07, 6.45) is 6.92. The Bertz CT molecular complexity index is 483. The minimum Gasteiger partial charge on any atom is -0.480 e. The maximum Gasteiger partial charge on any atom is 0.326 e. The average molecular weight is 244 g/mol. The zero-order valence-electron chi connectivity index (χ0n) is 10.2. The van der Waals surface area contributed by atoms with Crippen molar-refractivity contribution < 1.29 is 14.7 Å². The third-order valence-electron chi connectivity index (χ3n) is 2.51. The SMILES string of the molecule is [C]#Cc1ccc(C(=O)NC(C(=O)O)C(C)C)cc1. The quantitative estimate of drug-likeness (QED) is 0.788. The fourth-order valence-electron chi connectivity index (χ4n) is 1.44. The molecule has 1 atom stereocenters. The Morgan fingerprint density at radius 2 is 1.83 bits per heavy atom. The van der Waals surface area contributed by atoms with Crippen molar-refractivity contribution in [1.29, 1.82) is 0 Å². The van der Waals surface area contributed by atoms with Crippen LogP contribution < -0.4 is 5.32 Å². The van der Waals surface area contributed by atoms with Gasteiger partial charge in [-0.2, -0.15) is 0 Å². The predicted octanol–water partition coefficient (Wildman–Crippen LogP) is 1.46. The fraction of sp³-hybridized carbons (Fsp3) is 0.286. The normalized spacial score (nSPS) is 11.7. The smallest absolute Gasteiger partial charge is 0.326 e. The van der Waals surface area contributed by atoms with Crippen LogP contribution in [0.5, 0.6) is 0 Å². The zero-order valence-corrected chi connectivity index (χ0v) is 10.2. The second-order valence-corrected chi connectivity index (χ2v) is 4.24. The number of carbonyl (C=O) groups is 2. The molecule has 0 saturated carbocycles. The molecule has 0 bridgehead atoms. The van der Waals surface area contributed by atoms with E-state index < -0.39 is 17.9 Å². The lowest BCUT2D eigenvalue weighted by Gasteiger charge is -2.17. The molecule has 1 amide bonds. The molecule has 0 aliphatic rings. The van der Waals surface area contributed by atoms with E-state index in [2.05, 4.69) is 11.2 Å². The van der Waals surface area contributed by atoms with E-state index >= 15 is 0 Å². The molecule has 1 aromatic carbocycles. The predicted molar refractivity (Wildman–Crippen MR) is 66.4 cm³/mol. The first-order chi connectivity index (χ1) is 8.45. The molecule has 93 valence electrons. The number of carboxylic acid groups (broad SMARTS) is 1. The first-order valence-electron chi connectivity index (χ1n) is 5.52. The number of hydrogen-bond acceptors (Lipinski definition) is 2. The third kappa shape index (κ3) is 3.36. The summed E-state index contributed by atoms with van der Waals surface area (Å²) in [5.74, 6) is 0.510. The van der Waals surface area contributed by atoms with Gasteiger partial charge >= 0.3 is 5.97 Å². The molecule has 0 spiro atoms. The van der Waals surface area contributed by atoms with Gasteiger partial charge in [-0.25, -0.2) is 4.79 Å². The summed E-state index contributed by atoms with van der Waals surface area (Å²) >= 11 is 0. The van der Waals surface area contributed by atoms with Crippen LogP contribution in [0.15, 0.2) is 24.3 Å². The second kappa shape index (κ2) is 5.87. The number of hydrogen-bond donors (Lipinski definition) is 2. The summed E-state index contributed by atoms with van der Waals surface area (Å²) in [6.45, 7) is 3.46. The molecule has 0 heterocycles. The summed E-state index contributed by atoms with van der Waals surface area (Å²) in [5.41, 5.74) is 0.922. The van der Waals surface area contributed by atoms with Crippen LogP contribution in [-0.2, 0) is 4.79 Å². The lowest BCUT2D eigenvalue weighted by atomic mass is 10.0. The van der Waals surface area contributed by atoms with E-state index in [1.165, 1.54) is 12.1 Å². The third-order valence-corrected chi connectivity index (χ3v) is 2.51. The monoisotopic (exact) mass is 244 g/mol. The van der Waals surface area contributed by atoms with Crippen molar-refractivity contribution in [3.05, 3.63) is 41.8 Å². The van der Waals surface area contributed by atoms with Gasteiger partial charge in [-0.05, 0) is 36.6 Å². The van der Waals surface area contributed by atoms with Crippen LogP contribution in [-0.4, -0.2) is 23.0 Å². The van der Waals surface area contributed by atoms with Gasteiger partial charge in [0.25, 0.3) is 5.91 Å². The van der Waals surface area contributed by atoms with Gasteiger partial charge in [0.05, 0.1) is 0 Å². The molecule has 1 rings (SSSR count). The molecule has 4 heteroatoms. The van der Waals surface area contributed by atoms with Crippen molar-refractivity contribution >= 4 is 11.9 Å². The van der Waals surface area contributed by atoms with E-state index in [1.807, 2.05) is 0 Å². The van der Waals surface area contributed by atoms with E-state index in [0.717, 1.165) is 0 Å². The highest BCUT2D eigenvalue weighted by atomic mass is 16.4. The van der Waals surface area contributed by atoms with Gasteiger partial charge in [0.15, 0.2) is 0 Å². The minimum atomic E-state index is -1.05. The van der Waals surface area contributed by atoms with Crippen LogP contribution in [0.3, 0.4) is 0 Å². The molecular weight excluding hydrogens is 230 g/mol.